The van der Waals surface area contributed by atoms with E-state index in [1.807, 2.05) is 6.07 Å². The first kappa shape index (κ1) is 21.4. The largest absolute Gasteiger partial charge is 0.377 e. The molecule has 4 unspecified atom stereocenters. The number of halogens is 1. The summed E-state index contributed by atoms with van der Waals surface area (Å²) in [5, 5.41) is 11.6. The molecule has 1 saturated heterocycles. The molecule has 0 spiro atoms. The van der Waals surface area contributed by atoms with Crippen molar-refractivity contribution in [3.63, 3.8) is 0 Å². The van der Waals surface area contributed by atoms with Crippen molar-refractivity contribution in [3.8, 4) is 11.8 Å². The second-order valence-electron chi connectivity index (χ2n) is 10.3. The molecule has 3 aliphatic carbocycles. The molecule has 31 heavy (non-hydrogen) atoms. The minimum Gasteiger partial charge on any atom is -0.377 e. The maximum atomic E-state index is 13.7. The van der Waals surface area contributed by atoms with E-state index in [2.05, 4.69) is 18.8 Å². The van der Waals surface area contributed by atoms with Crippen molar-refractivity contribution >= 4 is 0 Å². The second kappa shape index (κ2) is 8.50. The van der Waals surface area contributed by atoms with Crippen LogP contribution in [0.4, 0.5) is 4.39 Å². The Bertz CT molecular complexity index is 867. The predicted molar refractivity (Wildman–Crippen MR) is 118 cm³/mol. The first-order chi connectivity index (χ1) is 15.0. The highest BCUT2D eigenvalue weighted by atomic mass is 19.1. The third-order valence-electron chi connectivity index (χ3n) is 8.80. The summed E-state index contributed by atoms with van der Waals surface area (Å²) in [6.45, 7) is 3.62. The van der Waals surface area contributed by atoms with Gasteiger partial charge in [0.2, 0.25) is 0 Å². The average Bonchev–Trinajstić information content (AvgIpc) is 3.05. The third-order valence-corrected chi connectivity index (χ3v) is 8.80. The van der Waals surface area contributed by atoms with E-state index in [0.717, 1.165) is 64.4 Å². The van der Waals surface area contributed by atoms with Gasteiger partial charge in [0, 0.05) is 18.4 Å². The Hall–Kier alpha value is -1.41. The standard InChI is InChI=1S/C27H35FO3/c1-26-14-11-22-21-10-8-20(28)18-19(21)7-9-23(22)24(26)12-15-27(26,29)13-3-5-17-31-25-6-2-4-16-30-25/h8,10,18,22-25,29H,2,4-7,9,11-12,14-17H2,1H3/t22?,23?,24?,25?,26-,27-/m0/s1. The number of rotatable bonds is 3. The van der Waals surface area contributed by atoms with Gasteiger partial charge in [0.1, 0.15) is 11.4 Å². The molecule has 0 amide bonds. The van der Waals surface area contributed by atoms with Gasteiger partial charge in [-0.15, -0.1) is 0 Å². The minimum absolute atomic E-state index is 0.0788. The zero-order valence-electron chi connectivity index (χ0n) is 18.7. The van der Waals surface area contributed by atoms with Crippen LogP contribution in [0.15, 0.2) is 18.2 Å². The lowest BCUT2D eigenvalue weighted by Gasteiger charge is -2.52. The van der Waals surface area contributed by atoms with Crippen LogP contribution in [-0.4, -0.2) is 30.2 Å². The van der Waals surface area contributed by atoms with Crippen molar-refractivity contribution in [2.24, 2.45) is 17.3 Å². The smallest absolute Gasteiger partial charge is 0.157 e. The van der Waals surface area contributed by atoms with Crippen LogP contribution < -0.4 is 0 Å². The van der Waals surface area contributed by atoms with E-state index in [1.54, 1.807) is 12.1 Å². The topological polar surface area (TPSA) is 38.7 Å². The van der Waals surface area contributed by atoms with Gasteiger partial charge < -0.3 is 14.6 Å². The average molecular weight is 427 g/mol. The Balaban J connectivity index is 1.25. The van der Waals surface area contributed by atoms with Crippen LogP contribution >= 0.6 is 0 Å². The lowest BCUT2D eigenvalue weighted by Crippen LogP contribution is -2.50. The zero-order valence-corrected chi connectivity index (χ0v) is 18.7. The number of aliphatic hydroxyl groups is 1. The van der Waals surface area contributed by atoms with Gasteiger partial charge in [-0.1, -0.05) is 24.8 Å². The van der Waals surface area contributed by atoms with Crippen molar-refractivity contribution in [1.82, 2.24) is 0 Å². The van der Waals surface area contributed by atoms with Crippen LogP contribution in [-0.2, 0) is 15.9 Å². The second-order valence-corrected chi connectivity index (χ2v) is 10.3. The lowest BCUT2D eigenvalue weighted by molar-refractivity contribution is -0.161. The van der Waals surface area contributed by atoms with E-state index in [1.165, 1.54) is 11.1 Å². The number of hydrogen-bond donors (Lipinski definition) is 1. The van der Waals surface area contributed by atoms with Crippen LogP contribution in [0.25, 0.3) is 0 Å². The Kier molecular flexibility index (Phi) is 5.88. The van der Waals surface area contributed by atoms with Crippen molar-refractivity contribution < 1.29 is 19.0 Å². The SMILES string of the molecule is C[C@]12CCC3c4ccc(F)cc4CCC3C1CC[C@@]2(O)C#CCCOC1CCCCO1. The molecular formula is C27H35FO3. The van der Waals surface area contributed by atoms with Crippen LogP contribution in [0.1, 0.15) is 81.8 Å². The van der Waals surface area contributed by atoms with Gasteiger partial charge in [-0.05, 0) is 98.8 Å². The summed E-state index contributed by atoms with van der Waals surface area (Å²) in [6.07, 6.45) is 9.68. The Labute approximate surface area is 185 Å². The molecule has 2 saturated carbocycles. The van der Waals surface area contributed by atoms with Crippen LogP contribution in [0.2, 0.25) is 0 Å². The number of ether oxygens (including phenoxy) is 2. The van der Waals surface area contributed by atoms with Gasteiger partial charge in [0.15, 0.2) is 6.29 Å². The molecule has 3 fully saturated rings. The monoisotopic (exact) mass is 426 g/mol. The zero-order chi connectivity index (χ0) is 21.5. The quantitative estimate of drug-likeness (QED) is 0.523. The summed E-state index contributed by atoms with van der Waals surface area (Å²) in [6, 6.07) is 5.36. The van der Waals surface area contributed by atoms with Gasteiger partial charge in [-0.25, -0.2) is 4.39 Å². The van der Waals surface area contributed by atoms with Crippen LogP contribution in [0, 0.1) is 34.9 Å². The molecule has 6 atom stereocenters. The predicted octanol–water partition coefficient (Wildman–Crippen LogP) is 5.35. The van der Waals surface area contributed by atoms with Crippen LogP contribution in [0.3, 0.4) is 0 Å². The van der Waals surface area contributed by atoms with Gasteiger partial charge in [-0.3, -0.25) is 0 Å². The molecule has 1 aliphatic heterocycles. The van der Waals surface area contributed by atoms with E-state index in [4.69, 9.17) is 9.47 Å². The van der Waals surface area contributed by atoms with Crippen molar-refractivity contribution in [2.45, 2.75) is 88.9 Å². The van der Waals surface area contributed by atoms with Gasteiger partial charge in [0.05, 0.1) is 6.61 Å². The number of hydrogen-bond acceptors (Lipinski definition) is 3. The molecule has 0 aromatic heterocycles. The number of fused-ring (bicyclic) bond motifs is 5. The summed E-state index contributed by atoms with van der Waals surface area (Å²) < 4.78 is 25.1. The molecule has 3 nitrogen and oxygen atoms in total. The molecule has 1 aromatic carbocycles. The first-order valence-corrected chi connectivity index (χ1v) is 12.2. The number of benzene rings is 1. The van der Waals surface area contributed by atoms with Crippen molar-refractivity contribution in [1.29, 1.82) is 0 Å². The molecule has 4 aliphatic rings. The fourth-order valence-electron chi connectivity index (χ4n) is 7.07. The van der Waals surface area contributed by atoms with E-state index in [9.17, 15) is 9.50 Å². The maximum Gasteiger partial charge on any atom is 0.157 e. The molecule has 4 heteroatoms. The molecule has 0 radical (unpaired) electrons. The highest BCUT2D eigenvalue weighted by Crippen LogP contribution is 2.64. The Morgan fingerprint density at radius 3 is 2.94 bits per heavy atom. The molecule has 1 heterocycles. The molecule has 168 valence electrons. The van der Waals surface area contributed by atoms with Crippen molar-refractivity contribution in [2.75, 3.05) is 13.2 Å². The summed E-state index contributed by atoms with van der Waals surface area (Å²) in [5.74, 6) is 7.96. The molecular weight excluding hydrogens is 391 g/mol. The highest BCUT2D eigenvalue weighted by Gasteiger charge is 2.61. The summed E-state index contributed by atoms with van der Waals surface area (Å²) in [7, 11) is 0. The number of aryl methyl sites for hydroxylation is 1. The summed E-state index contributed by atoms with van der Waals surface area (Å²) >= 11 is 0. The van der Waals surface area contributed by atoms with Gasteiger partial charge in [0.25, 0.3) is 0 Å². The van der Waals surface area contributed by atoms with Crippen LogP contribution in [0.5, 0.6) is 0 Å². The van der Waals surface area contributed by atoms with E-state index in [-0.39, 0.29) is 17.5 Å². The lowest BCUT2D eigenvalue weighted by atomic mass is 9.53. The van der Waals surface area contributed by atoms with Gasteiger partial charge in [-0.2, -0.15) is 0 Å². The Morgan fingerprint density at radius 2 is 2.10 bits per heavy atom. The van der Waals surface area contributed by atoms with Crippen molar-refractivity contribution in [3.05, 3.63) is 35.1 Å². The maximum absolute atomic E-state index is 13.7. The highest BCUT2D eigenvalue weighted by molar-refractivity contribution is 5.36. The molecule has 1 N–H and O–H groups in total. The minimum atomic E-state index is -0.910. The van der Waals surface area contributed by atoms with E-state index >= 15 is 0 Å². The van der Waals surface area contributed by atoms with E-state index in [0.29, 0.717) is 30.8 Å². The first-order valence-electron chi connectivity index (χ1n) is 12.2. The molecule has 1 aromatic rings. The summed E-state index contributed by atoms with van der Waals surface area (Å²) in [4.78, 5) is 0. The Morgan fingerprint density at radius 1 is 1.19 bits per heavy atom. The molecule has 0 bridgehead atoms. The van der Waals surface area contributed by atoms with Gasteiger partial charge >= 0.3 is 0 Å². The normalized spacial score (nSPS) is 39.1. The fraction of sp³-hybridized carbons (Fsp3) is 0.704. The fourth-order valence-corrected chi connectivity index (χ4v) is 7.07. The van der Waals surface area contributed by atoms with E-state index < -0.39 is 5.60 Å². The third kappa shape index (κ3) is 3.84. The summed E-state index contributed by atoms with van der Waals surface area (Å²) in [5.41, 5.74) is 1.47. The molecule has 5 rings (SSSR count).